The topological polar surface area (TPSA) is 78.4 Å². The maximum atomic E-state index is 10.5. The fraction of sp³-hybridized carbons (Fsp3) is 1.00. The molecule has 5 nitrogen and oxygen atoms in total. The third-order valence-electron chi connectivity index (χ3n) is 5.57. The molecule has 0 aliphatic heterocycles. The summed E-state index contributed by atoms with van der Waals surface area (Å²) >= 11 is 0. The molecule has 110 valence electrons. The van der Waals surface area contributed by atoms with Gasteiger partial charge in [-0.25, -0.2) is 0 Å². The summed E-state index contributed by atoms with van der Waals surface area (Å²) in [6, 6.07) is 0. The second-order valence-corrected chi connectivity index (χ2v) is 7.22. The molecular formula is C13H23ClN2O3. The molecule has 0 saturated heterocycles. The molecule has 19 heavy (non-hydrogen) atoms. The average Bonchev–Trinajstić information content (AvgIpc) is 2.23. The van der Waals surface area contributed by atoms with Gasteiger partial charge in [0.25, 0.3) is 5.09 Å². The number of halogens is 1. The van der Waals surface area contributed by atoms with Gasteiger partial charge in [-0.3, -0.25) is 0 Å². The third kappa shape index (κ3) is 2.42. The van der Waals surface area contributed by atoms with Gasteiger partial charge in [0, 0.05) is 5.54 Å². The molecule has 0 aromatic carbocycles. The molecule has 2 N–H and O–H groups in total. The normalized spacial score (nSPS) is 46.7. The second kappa shape index (κ2) is 4.48. The minimum atomic E-state index is -0.652. The summed E-state index contributed by atoms with van der Waals surface area (Å²) in [6.07, 6.45) is 7.67. The first-order valence-corrected chi connectivity index (χ1v) is 6.95. The number of nitrogens with zero attached hydrogens (tertiary/aromatic N) is 1. The van der Waals surface area contributed by atoms with Gasteiger partial charge in [-0.1, -0.05) is 13.3 Å². The van der Waals surface area contributed by atoms with E-state index in [1.165, 1.54) is 6.42 Å². The molecule has 0 aromatic heterocycles. The van der Waals surface area contributed by atoms with E-state index in [9.17, 15) is 10.1 Å². The summed E-state index contributed by atoms with van der Waals surface area (Å²) in [5.41, 5.74) is 6.76. The Labute approximate surface area is 119 Å². The maximum absolute atomic E-state index is 10.5. The molecule has 4 saturated carbocycles. The van der Waals surface area contributed by atoms with Crippen LogP contribution in [0.2, 0.25) is 0 Å². The zero-order valence-electron chi connectivity index (χ0n) is 11.4. The van der Waals surface area contributed by atoms with E-state index < -0.39 is 5.09 Å². The van der Waals surface area contributed by atoms with Gasteiger partial charge in [0.15, 0.2) is 0 Å². The van der Waals surface area contributed by atoms with Crippen molar-refractivity contribution in [1.29, 1.82) is 0 Å². The molecule has 0 amide bonds. The molecule has 0 aromatic rings. The van der Waals surface area contributed by atoms with Crippen molar-refractivity contribution < 1.29 is 9.92 Å². The first-order valence-electron chi connectivity index (χ1n) is 6.95. The van der Waals surface area contributed by atoms with Crippen molar-refractivity contribution >= 4 is 12.4 Å². The Morgan fingerprint density at radius 1 is 1.26 bits per heavy atom. The fourth-order valence-electron chi connectivity index (χ4n) is 5.67. The van der Waals surface area contributed by atoms with Crippen LogP contribution in [0.1, 0.15) is 51.9 Å². The molecule has 0 heterocycles. The summed E-state index contributed by atoms with van der Waals surface area (Å²) in [6.45, 7) is 2.48. The van der Waals surface area contributed by atoms with Crippen LogP contribution in [-0.2, 0) is 4.84 Å². The molecular weight excluding hydrogens is 268 g/mol. The van der Waals surface area contributed by atoms with Crippen LogP contribution < -0.4 is 5.73 Å². The average molecular weight is 291 g/mol. The van der Waals surface area contributed by atoms with Crippen LogP contribution in [0.4, 0.5) is 0 Å². The number of nitrogens with two attached hydrogens (primary N) is 1. The van der Waals surface area contributed by atoms with Gasteiger partial charge in [-0.2, -0.15) is 0 Å². The van der Waals surface area contributed by atoms with Crippen molar-refractivity contribution in [3.05, 3.63) is 10.1 Å². The van der Waals surface area contributed by atoms with E-state index in [-0.39, 0.29) is 30.0 Å². The molecule has 4 fully saturated rings. The quantitative estimate of drug-likeness (QED) is 0.638. The molecule has 4 atom stereocenters. The first kappa shape index (κ1) is 14.9. The summed E-state index contributed by atoms with van der Waals surface area (Å²) in [5, 5.41) is 9.82. The molecule has 4 aliphatic carbocycles. The number of hydrogen-bond acceptors (Lipinski definition) is 4. The highest BCUT2D eigenvalue weighted by Gasteiger charge is 2.61. The highest BCUT2D eigenvalue weighted by molar-refractivity contribution is 5.85. The Kier molecular flexibility index (Phi) is 3.51. The van der Waals surface area contributed by atoms with Gasteiger partial charge in [0.1, 0.15) is 6.61 Å². The van der Waals surface area contributed by atoms with Crippen LogP contribution in [0.3, 0.4) is 0 Å². The predicted octanol–water partition coefficient (Wildman–Crippen LogP) is 2.69. The van der Waals surface area contributed by atoms with Crippen molar-refractivity contribution in [3.8, 4) is 0 Å². The smallest absolute Gasteiger partial charge is 0.294 e. The molecule has 0 radical (unpaired) electrons. The monoisotopic (exact) mass is 290 g/mol. The van der Waals surface area contributed by atoms with Gasteiger partial charge in [-0.05, 0) is 55.3 Å². The van der Waals surface area contributed by atoms with Crippen molar-refractivity contribution in [3.63, 3.8) is 0 Å². The largest absolute Gasteiger partial charge is 0.325 e. The van der Waals surface area contributed by atoms with Crippen molar-refractivity contribution in [2.45, 2.75) is 57.4 Å². The Morgan fingerprint density at radius 3 is 2.47 bits per heavy atom. The van der Waals surface area contributed by atoms with Crippen molar-refractivity contribution in [1.82, 2.24) is 0 Å². The lowest BCUT2D eigenvalue weighted by Gasteiger charge is -2.65. The van der Waals surface area contributed by atoms with Crippen LogP contribution >= 0.6 is 12.4 Å². The van der Waals surface area contributed by atoms with Crippen LogP contribution in [0.25, 0.3) is 0 Å². The van der Waals surface area contributed by atoms with Crippen LogP contribution in [0, 0.1) is 26.9 Å². The highest BCUT2D eigenvalue weighted by atomic mass is 35.5. The van der Waals surface area contributed by atoms with Gasteiger partial charge >= 0.3 is 0 Å². The summed E-state index contributed by atoms with van der Waals surface area (Å²) in [4.78, 5) is 15.2. The molecule has 4 unspecified atom stereocenters. The lowest BCUT2D eigenvalue weighted by molar-refractivity contribution is -0.761. The second-order valence-electron chi connectivity index (χ2n) is 7.22. The Bertz CT molecular complexity index is 394. The van der Waals surface area contributed by atoms with Crippen LogP contribution in [0.15, 0.2) is 0 Å². The van der Waals surface area contributed by atoms with E-state index in [1.54, 1.807) is 0 Å². The van der Waals surface area contributed by atoms with E-state index in [4.69, 9.17) is 10.6 Å². The molecule has 4 rings (SSSR count). The van der Waals surface area contributed by atoms with Crippen molar-refractivity contribution in [2.75, 3.05) is 6.61 Å². The first-order chi connectivity index (χ1) is 8.38. The van der Waals surface area contributed by atoms with E-state index in [1.807, 2.05) is 0 Å². The summed E-state index contributed by atoms with van der Waals surface area (Å²) in [5.74, 6) is 0.654. The van der Waals surface area contributed by atoms with E-state index in [0.717, 1.165) is 38.5 Å². The lowest BCUT2D eigenvalue weighted by Crippen LogP contribution is -2.64. The van der Waals surface area contributed by atoms with Crippen LogP contribution in [-0.4, -0.2) is 17.2 Å². The number of hydrogen-bond donors (Lipinski definition) is 1. The third-order valence-corrected chi connectivity index (χ3v) is 5.57. The standard InChI is InChI=1S/C13H22N2O3.ClH/c1-2-11-3-10-4-12(6-11,9-18-15(16)17)8-13(14,5-10)7-11;/h10H,2-9,14H2,1H3;1H. The van der Waals surface area contributed by atoms with E-state index in [0.29, 0.717) is 11.3 Å². The lowest BCUT2D eigenvalue weighted by atomic mass is 9.41. The molecule has 0 spiro atoms. The Hall–Kier alpha value is -0.550. The zero-order chi connectivity index (χ0) is 13.0. The van der Waals surface area contributed by atoms with Gasteiger partial charge in [-0.15, -0.1) is 22.5 Å². The van der Waals surface area contributed by atoms with Gasteiger partial charge in [0.2, 0.25) is 0 Å². The SMILES string of the molecule is CCC12CC3CC(N)(C1)CC(CO[N+](=O)[O-])(C3)C2.Cl. The highest BCUT2D eigenvalue weighted by Crippen LogP contribution is 2.66. The maximum Gasteiger partial charge on any atom is 0.294 e. The minimum Gasteiger partial charge on any atom is -0.325 e. The summed E-state index contributed by atoms with van der Waals surface area (Å²) in [7, 11) is 0. The minimum absolute atomic E-state index is 0. The molecule has 4 aliphatic rings. The van der Waals surface area contributed by atoms with E-state index >= 15 is 0 Å². The van der Waals surface area contributed by atoms with E-state index in [2.05, 4.69) is 6.92 Å². The van der Waals surface area contributed by atoms with Crippen LogP contribution in [0.5, 0.6) is 0 Å². The zero-order valence-corrected chi connectivity index (χ0v) is 12.2. The Morgan fingerprint density at radius 2 is 1.89 bits per heavy atom. The fourth-order valence-corrected chi connectivity index (χ4v) is 5.67. The molecule has 6 heteroatoms. The van der Waals surface area contributed by atoms with Gasteiger partial charge < -0.3 is 10.6 Å². The predicted molar refractivity (Wildman–Crippen MR) is 73.5 cm³/mol. The van der Waals surface area contributed by atoms with Crippen molar-refractivity contribution in [2.24, 2.45) is 22.5 Å². The molecule has 4 bridgehead atoms. The number of rotatable bonds is 4. The summed E-state index contributed by atoms with van der Waals surface area (Å²) < 4.78 is 0. The Balaban J connectivity index is 0.00000133. The van der Waals surface area contributed by atoms with Gasteiger partial charge in [0.05, 0.1) is 0 Å².